The number of ether oxygens (including phenoxy) is 1. The third kappa shape index (κ3) is 1.92. The Labute approximate surface area is 131 Å². The lowest BCUT2D eigenvalue weighted by atomic mass is 9.99. The van der Waals surface area contributed by atoms with Crippen molar-refractivity contribution in [2.24, 2.45) is 0 Å². The zero-order valence-corrected chi connectivity index (χ0v) is 12.4. The minimum Gasteiger partial charge on any atom is -0.465 e. The topological polar surface area (TPSA) is 59.2 Å². The Hall–Kier alpha value is -3.14. The predicted octanol–water partition coefficient (Wildman–Crippen LogP) is 3.62. The second kappa shape index (κ2) is 4.95. The molecule has 23 heavy (non-hydrogen) atoms. The van der Waals surface area contributed by atoms with Crippen LogP contribution in [0.4, 0.5) is 0 Å². The Balaban J connectivity index is 2.34. The van der Waals surface area contributed by atoms with Crippen LogP contribution in [0.3, 0.4) is 0 Å². The van der Waals surface area contributed by atoms with Crippen molar-refractivity contribution >= 4 is 38.5 Å². The van der Waals surface area contributed by atoms with Gasteiger partial charge in [-0.1, -0.05) is 36.4 Å². The molecule has 0 atom stereocenters. The van der Waals surface area contributed by atoms with Crippen LogP contribution in [-0.2, 0) is 4.74 Å². The number of aromatic nitrogens is 1. The van der Waals surface area contributed by atoms with Gasteiger partial charge in [0.15, 0.2) is 5.43 Å². The summed E-state index contributed by atoms with van der Waals surface area (Å²) in [4.78, 5) is 28.4. The summed E-state index contributed by atoms with van der Waals surface area (Å²) in [5.41, 5.74) is 1.53. The van der Waals surface area contributed by atoms with Crippen LogP contribution < -0.4 is 5.43 Å². The number of para-hydroxylation sites is 1. The fourth-order valence-corrected chi connectivity index (χ4v) is 3.04. The van der Waals surface area contributed by atoms with E-state index in [1.54, 1.807) is 12.1 Å². The van der Waals surface area contributed by atoms with Crippen molar-refractivity contribution in [2.75, 3.05) is 7.11 Å². The van der Waals surface area contributed by atoms with Crippen LogP contribution in [0.15, 0.2) is 59.4 Å². The number of fused-ring (bicyclic) bond motifs is 4. The summed E-state index contributed by atoms with van der Waals surface area (Å²) < 4.78 is 4.87. The molecule has 0 aliphatic carbocycles. The van der Waals surface area contributed by atoms with Crippen molar-refractivity contribution in [3.8, 4) is 0 Å². The first-order valence-electron chi connectivity index (χ1n) is 7.25. The van der Waals surface area contributed by atoms with Crippen molar-refractivity contribution in [3.05, 3.63) is 70.4 Å². The van der Waals surface area contributed by atoms with Crippen LogP contribution in [0.25, 0.3) is 32.6 Å². The molecule has 0 unspecified atom stereocenters. The Morgan fingerprint density at radius 3 is 2.48 bits per heavy atom. The molecule has 112 valence electrons. The molecule has 0 bridgehead atoms. The molecule has 4 nitrogen and oxygen atoms in total. The molecule has 0 amide bonds. The minimum absolute atomic E-state index is 0.166. The van der Waals surface area contributed by atoms with Crippen LogP contribution in [0, 0.1) is 0 Å². The van der Waals surface area contributed by atoms with E-state index in [9.17, 15) is 9.59 Å². The highest BCUT2D eigenvalue weighted by atomic mass is 16.5. The van der Waals surface area contributed by atoms with Gasteiger partial charge in [0, 0.05) is 16.3 Å². The molecule has 3 aromatic carbocycles. The molecule has 4 rings (SSSR count). The number of esters is 1. The lowest BCUT2D eigenvalue weighted by molar-refractivity contribution is 0.0603. The van der Waals surface area contributed by atoms with E-state index in [2.05, 4.69) is 4.98 Å². The van der Waals surface area contributed by atoms with Gasteiger partial charge >= 0.3 is 5.97 Å². The van der Waals surface area contributed by atoms with Crippen LogP contribution in [-0.4, -0.2) is 18.1 Å². The molecular weight excluding hydrogens is 290 g/mol. The number of aromatic amines is 1. The van der Waals surface area contributed by atoms with E-state index < -0.39 is 5.97 Å². The van der Waals surface area contributed by atoms with Gasteiger partial charge in [-0.2, -0.15) is 0 Å². The summed E-state index contributed by atoms with van der Waals surface area (Å²) in [5.74, 6) is -0.512. The second-order valence-corrected chi connectivity index (χ2v) is 5.39. The Morgan fingerprint density at radius 2 is 1.70 bits per heavy atom. The second-order valence-electron chi connectivity index (χ2n) is 5.39. The van der Waals surface area contributed by atoms with Gasteiger partial charge in [0.25, 0.3) is 0 Å². The van der Waals surface area contributed by atoms with Gasteiger partial charge in [-0.25, -0.2) is 4.79 Å². The highest BCUT2D eigenvalue weighted by Crippen LogP contribution is 2.27. The van der Waals surface area contributed by atoms with Crippen LogP contribution in [0.5, 0.6) is 0 Å². The smallest absolute Gasteiger partial charge is 0.338 e. The highest BCUT2D eigenvalue weighted by Gasteiger charge is 2.18. The summed E-state index contributed by atoms with van der Waals surface area (Å²) in [6.07, 6.45) is 0. The number of benzene rings is 3. The first-order valence-corrected chi connectivity index (χ1v) is 7.25. The fourth-order valence-electron chi connectivity index (χ4n) is 3.04. The molecule has 1 aromatic heterocycles. The number of carbonyl (C=O) groups is 1. The van der Waals surface area contributed by atoms with E-state index in [1.807, 2.05) is 42.5 Å². The maximum absolute atomic E-state index is 12.9. The number of H-pyrrole nitrogens is 1. The molecule has 1 N–H and O–H groups in total. The van der Waals surface area contributed by atoms with E-state index in [1.165, 1.54) is 7.11 Å². The molecule has 0 fully saturated rings. The lowest BCUT2D eigenvalue weighted by Gasteiger charge is -2.10. The number of hydrogen-bond acceptors (Lipinski definition) is 3. The van der Waals surface area contributed by atoms with Gasteiger partial charge in [0.2, 0.25) is 0 Å². The number of hydrogen-bond donors (Lipinski definition) is 1. The van der Waals surface area contributed by atoms with Gasteiger partial charge in [-0.05, 0) is 23.6 Å². The Kier molecular flexibility index (Phi) is 2.91. The van der Waals surface area contributed by atoms with Crippen LogP contribution >= 0.6 is 0 Å². The summed E-state index contributed by atoms with van der Waals surface area (Å²) >= 11 is 0. The average molecular weight is 303 g/mol. The number of rotatable bonds is 1. The largest absolute Gasteiger partial charge is 0.465 e. The molecule has 0 aliphatic heterocycles. The molecule has 0 saturated carbocycles. The zero-order valence-electron chi connectivity index (χ0n) is 12.4. The van der Waals surface area contributed by atoms with E-state index in [-0.39, 0.29) is 11.0 Å². The minimum atomic E-state index is -0.512. The summed E-state index contributed by atoms with van der Waals surface area (Å²) in [6, 6.07) is 16.7. The van der Waals surface area contributed by atoms with Gasteiger partial charge in [-0.15, -0.1) is 0 Å². The van der Waals surface area contributed by atoms with E-state index in [0.717, 1.165) is 16.3 Å². The standard InChI is InChI=1S/C19H13NO3/c1-23-19(22)14-10-11-6-2-3-7-12(11)17-16(14)18(21)13-8-4-5-9-15(13)20-17/h2-10H,1H3,(H,20,21). The molecule has 1 heterocycles. The van der Waals surface area contributed by atoms with Crippen molar-refractivity contribution < 1.29 is 9.53 Å². The van der Waals surface area contributed by atoms with Crippen molar-refractivity contribution in [1.82, 2.24) is 4.98 Å². The van der Waals surface area contributed by atoms with Crippen molar-refractivity contribution in [1.29, 1.82) is 0 Å². The summed E-state index contributed by atoms with van der Waals surface area (Å²) in [6.45, 7) is 0. The average Bonchev–Trinajstić information content (AvgIpc) is 2.60. The SMILES string of the molecule is COC(=O)c1cc2ccccc2c2[nH]c3ccccc3c(=O)c12. The molecule has 4 aromatic rings. The van der Waals surface area contributed by atoms with E-state index >= 15 is 0 Å². The number of carbonyl (C=O) groups excluding carboxylic acids is 1. The Bertz CT molecular complexity index is 1140. The number of methoxy groups -OCH3 is 1. The molecule has 0 radical (unpaired) electrons. The summed E-state index contributed by atoms with van der Waals surface area (Å²) in [7, 11) is 1.32. The quantitative estimate of drug-likeness (QED) is 0.332. The highest BCUT2D eigenvalue weighted by molar-refractivity contribution is 6.16. The third-order valence-electron chi connectivity index (χ3n) is 4.11. The van der Waals surface area contributed by atoms with E-state index in [4.69, 9.17) is 4.74 Å². The van der Waals surface area contributed by atoms with Gasteiger partial charge in [0.05, 0.1) is 23.6 Å². The molecular formula is C19H13NO3. The lowest BCUT2D eigenvalue weighted by Crippen LogP contribution is -2.11. The molecule has 0 aliphatic rings. The van der Waals surface area contributed by atoms with Gasteiger partial charge in [-0.3, -0.25) is 4.79 Å². The normalized spacial score (nSPS) is 11.2. The van der Waals surface area contributed by atoms with Crippen LogP contribution in [0.2, 0.25) is 0 Å². The van der Waals surface area contributed by atoms with Crippen LogP contribution in [0.1, 0.15) is 10.4 Å². The molecule has 0 spiro atoms. The number of pyridine rings is 1. The van der Waals surface area contributed by atoms with Crippen molar-refractivity contribution in [2.45, 2.75) is 0 Å². The fraction of sp³-hybridized carbons (Fsp3) is 0.0526. The van der Waals surface area contributed by atoms with E-state index in [0.29, 0.717) is 16.3 Å². The third-order valence-corrected chi connectivity index (χ3v) is 4.11. The predicted molar refractivity (Wildman–Crippen MR) is 90.9 cm³/mol. The first-order chi connectivity index (χ1) is 11.2. The zero-order chi connectivity index (χ0) is 16.0. The molecule has 0 saturated heterocycles. The number of nitrogens with one attached hydrogen (secondary N) is 1. The van der Waals surface area contributed by atoms with Gasteiger partial charge in [0.1, 0.15) is 0 Å². The Morgan fingerprint density at radius 1 is 1.00 bits per heavy atom. The maximum atomic E-state index is 12.9. The van der Waals surface area contributed by atoms with Gasteiger partial charge < -0.3 is 9.72 Å². The first kappa shape index (κ1) is 13.5. The maximum Gasteiger partial charge on any atom is 0.338 e. The summed E-state index contributed by atoms with van der Waals surface area (Å²) in [5, 5.41) is 2.71. The monoisotopic (exact) mass is 303 g/mol. The van der Waals surface area contributed by atoms with Crippen molar-refractivity contribution in [3.63, 3.8) is 0 Å². The molecule has 4 heteroatoms.